The molecule has 1 aliphatic heterocycles. The summed E-state index contributed by atoms with van der Waals surface area (Å²) in [7, 11) is 0. The van der Waals surface area contributed by atoms with Crippen LogP contribution in [0.3, 0.4) is 0 Å². The molecule has 1 aliphatic rings. The summed E-state index contributed by atoms with van der Waals surface area (Å²) >= 11 is 0. The standard InChI is InChI=1S/C28H30N2O4/c1-22-9-7-10-23(21-22)27(31)29-15-8-16-30(18-17-29)28(32)25-13-5-6-14-26(25)34-20-19-33-24-11-3-2-4-12-24/h2-7,9-14,21H,8,15-20H2,1H3. The van der Waals surface area contributed by atoms with E-state index < -0.39 is 0 Å². The van der Waals surface area contributed by atoms with Gasteiger partial charge in [0.05, 0.1) is 5.56 Å². The third kappa shape index (κ3) is 5.95. The van der Waals surface area contributed by atoms with E-state index in [0.29, 0.717) is 56.3 Å². The minimum atomic E-state index is -0.0792. The maximum atomic E-state index is 13.3. The molecule has 4 rings (SSSR count). The van der Waals surface area contributed by atoms with Crippen LogP contribution in [0.25, 0.3) is 0 Å². The zero-order valence-corrected chi connectivity index (χ0v) is 19.5. The summed E-state index contributed by atoms with van der Waals surface area (Å²) in [5.41, 5.74) is 2.28. The number of aryl methyl sites for hydroxylation is 1. The molecule has 0 atom stereocenters. The van der Waals surface area contributed by atoms with E-state index in [9.17, 15) is 9.59 Å². The van der Waals surface area contributed by atoms with Crippen LogP contribution in [0, 0.1) is 6.92 Å². The Hall–Kier alpha value is -3.80. The van der Waals surface area contributed by atoms with Gasteiger partial charge in [-0.2, -0.15) is 0 Å². The summed E-state index contributed by atoms with van der Waals surface area (Å²) in [5.74, 6) is 1.26. The smallest absolute Gasteiger partial charge is 0.257 e. The van der Waals surface area contributed by atoms with Crippen LogP contribution < -0.4 is 9.47 Å². The molecule has 0 N–H and O–H groups in total. The highest BCUT2D eigenvalue weighted by Crippen LogP contribution is 2.21. The van der Waals surface area contributed by atoms with Gasteiger partial charge in [-0.3, -0.25) is 9.59 Å². The van der Waals surface area contributed by atoms with E-state index in [1.165, 1.54) is 0 Å². The predicted octanol–water partition coefficient (Wildman–Crippen LogP) is 4.44. The van der Waals surface area contributed by atoms with E-state index in [2.05, 4.69) is 0 Å². The van der Waals surface area contributed by atoms with E-state index in [1.807, 2.05) is 83.5 Å². The van der Waals surface area contributed by atoms with Crippen molar-refractivity contribution in [2.45, 2.75) is 13.3 Å². The minimum absolute atomic E-state index is 0.0140. The summed E-state index contributed by atoms with van der Waals surface area (Å²) in [6.45, 7) is 4.92. The number of hydrogen-bond acceptors (Lipinski definition) is 4. The van der Waals surface area contributed by atoms with Gasteiger partial charge in [-0.25, -0.2) is 0 Å². The second-order valence-electron chi connectivity index (χ2n) is 8.31. The molecule has 6 nitrogen and oxygen atoms in total. The number of amides is 2. The van der Waals surface area contributed by atoms with E-state index in [1.54, 1.807) is 12.1 Å². The van der Waals surface area contributed by atoms with Crippen molar-refractivity contribution < 1.29 is 19.1 Å². The SMILES string of the molecule is Cc1cccc(C(=O)N2CCCN(C(=O)c3ccccc3OCCOc3ccccc3)CC2)c1. The first-order valence-electron chi connectivity index (χ1n) is 11.7. The lowest BCUT2D eigenvalue weighted by atomic mass is 10.1. The van der Waals surface area contributed by atoms with Gasteiger partial charge in [0.2, 0.25) is 0 Å². The number of ether oxygens (including phenoxy) is 2. The van der Waals surface area contributed by atoms with E-state index in [-0.39, 0.29) is 11.8 Å². The average Bonchev–Trinajstić information content (AvgIpc) is 3.13. The molecule has 0 saturated carbocycles. The average molecular weight is 459 g/mol. The molecular formula is C28H30N2O4. The fraction of sp³-hybridized carbons (Fsp3) is 0.286. The lowest BCUT2D eigenvalue weighted by Crippen LogP contribution is -2.37. The van der Waals surface area contributed by atoms with Gasteiger partial charge in [-0.15, -0.1) is 0 Å². The topological polar surface area (TPSA) is 59.1 Å². The van der Waals surface area contributed by atoms with E-state index in [0.717, 1.165) is 17.7 Å². The van der Waals surface area contributed by atoms with E-state index in [4.69, 9.17) is 9.47 Å². The van der Waals surface area contributed by atoms with E-state index >= 15 is 0 Å². The quantitative estimate of drug-likeness (QED) is 0.491. The van der Waals surface area contributed by atoms with Gasteiger partial charge in [0.25, 0.3) is 11.8 Å². The molecule has 34 heavy (non-hydrogen) atoms. The van der Waals surface area contributed by atoms with Gasteiger partial charge >= 0.3 is 0 Å². The molecule has 0 aromatic heterocycles. The molecule has 0 aliphatic carbocycles. The maximum Gasteiger partial charge on any atom is 0.257 e. The fourth-order valence-electron chi connectivity index (χ4n) is 4.05. The summed E-state index contributed by atoms with van der Waals surface area (Å²) in [6.07, 6.45) is 0.733. The molecule has 176 valence electrons. The van der Waals surface area contributed by atoms with Gasteiger partial charge in [-0.05, 0) is 49.7 Å². The molecule has 0 spiro atoms. The Labute approximate surface area is 200 Å². The molecule has 1 heterocycles. The van der Waals surface area contributed by atoms with Crippen LogP contribution in [-0.4, -0.2) is 61.0 Å². The Morgan fingerprint density at radius 3 is 2.18 bits per heavy atom. The van der Waals surface area contributed by atoms with Crippen molar-refractivity contribution in [2.24, 2.45) is 0 Å². The van der Waals surface area contributed by atoms with Crippen molar-refractivity contribution in [3.05, 3.63) is 95.6 Å². The molecule has 3 aromatic carbocycles. The molecule has 0 radical (unpaired) electrons. The van der Waals surface area contributed by atoms with Crippen molar-refractivity contribution in [2.75, 3.05) is 39.4 Å². The van der Waals surface area contributed by atoms with Crippen molar-refractivity contribution in [3.63, 3.8) is 0 Å². The summed E-state index contributed by atoms with van der Waals surface area (Å²) in [6, 6.07) is 24.5. The Bertz CT molecular complexity index is 1120. The van der Waals surface area contributed by atoms with Gasteiger partial charge in [-0.1, -0.05) is 48.0 Å². The largest absolute Gasteiger partial charge is 0.490 e. The summed E-state index contributed by atoms with van der Waals surface area (Å²) in [5, 5.41) is 0. The highest BCUT2D eigenvalue weighted by molar-refractivity contribution is 5.97. The number of nitrogens with zero attached hydrogens (tertiary/aromatic N) is 2. The number of carbonyl (C=O) groups is 2. The number of para-hydroxylation sites is 2. The predicted molar refractivity (Wildman–Crippen MR) is 131 cm³/mol. The highest BCUT2D eigenvalue weighted by Gasteiger charge is 2.25. The van der Waals surface area contributed by atoms with Crippen molar-refractivity contribution in [1.82, 2.24) is 9.80 Å². The van der Waals surface area contributed by atoms with Crippen LogP contribution >= 0.6 is 0 Å². The van der Waals surface area contributed by atoms with Crippen LogP contribution in [-0.2, 0) is 0 Å². The molecule has 6 heteroatoms. The van der Waals surface area contributed by atoms with Crippen LogP contribution in [0.5, 0.6) is 11.5 Å². The second kappa shape index (κ2) is 11.4. The molecular weight excluding hydrogens is 428 g/mol. The number of carbonyl (C=O) groups excluding carboxylic acids is 2. The normalized spacial score (nSPS) is 13.8. The van der Waals surface area contributed by atoms with Crippen LogP contribution in [0.2, 0.25) is 0 Å². The third-order valence-electron chi connectivity index (χ3n) is 5.81. The van der Waals surface area contributed by atoms with Crippen LogP contribution in [0.15, 0.2) is 78.9 Å². The Morgan fingerprint density at radius 1 is 0.735 bits per heavy atom. The first kappa shape index (κ1) is 23.4. The third-order valence-corrected chi connectivity index (χ3v) is 5.81. The first-order chi connectivity index (χ1) is 16.6. The number of rotatable bonds is 7. The lowest BCUT2D eigenvalue weighted by molar-refractivity contribution is 0.0716. The molecule has 1 fully saturated rings. The maximum absolute atomic E-state index is 13.3. The Morgan fingerprint density at radius 2 is 1.41 bits per heavy atom. The van der Waals surface area contributed by atoms with Crippen molar-refractivity contribution >= 4 is 11.8 Å². The number of benzene rings is 3. The highest BCUT2D eigenvalue weighted by atomic mass is 16.5. The molecule has 1 saturated heterocycles. The molecule has 3 aromatic rings. The minimum Gasteiger partial charge on any atom is -0.490 e. The fourth-order valence-corrected chi connectivity index (χ4v) is 4.05. The summed E-state index contributed by atoms with van der Waals surface area (Å²) < 4.78 is 11.6. The van der Waals surface area contributed by atoms with Crippen LogP contribution in [0.1, 0.15) is 32.7 Å². The number of hydrogen-bond donors (Lipinski definition) is 0. The van der Waals surface area contributed by atoms with Gasteiger partial charge < -0.3 is 19.3 Å². The molecule has 0 bridgehead atoms. The first-order valence-corrected chi connectivity index (χ1v) is 11.7. The zero-order valence-electron chi connectivity index (χ0n) is 19.5. The van der Waals surface area contributed by atoms with Crippen molar-refractivity contribution in [3.8, 4) is 11.5 Å². The van der Waals surface area contributed by atoms with Gasteiger partial charge in [0, 0.05) is 31.7 Å². The zero-order chi connectivity index (χ0) is 23.8. The second-order valence-corrected chi connectivity index (χ2v) is 8.31. The van der Waals surface area contributed by atoms with Crippen LogP contribution in [0.4, 0.5) is 0 Å². The monoisotopic (exact) mass is 458 g/mol. The molecule has 2 amide bonds. The molecule has 0 unspecified atom stereocenters. The lowest BCUT2D eigenvalue weighted by Gasteiger charge is -2.23. The van der Waals surface area contributed by atoms with Gasteiger partial charge in [0.1, 0.15) is 24.7 Å². The Kier molecular flexibility index (Phi) is 7.81. The van der Waals surface area contributed by atoms with Crippen molar-refractivity contribution in [1.29, 1.82) is 0 Å². The summed E-state index contributed by atoms with van der Waals surface area (Å²) in [4.78, 5) is 29.9. The Balaban J connectivity index is 1.35. The van der Waals surface area contributed by atoms with Gasteiger partial charge in [0.15, 0.2) is 0 Å².